The fourth-order valence-corrected chi connectivity index (χ4v) is 1.70. The summed E-state index contributed by atoms with van der Waals surface area (Å²) in [5.41, 5.74) is 0. The molecule has 0 bridgehead atoms. The number of rotatable bonds is 5. The van der Waals surface area contributed by atoms with Gasteiger partial charge in [0.2, 0.25) is 0 Å². The largest absolute Gasteiger partial charge is 0.481 e. The highest BCUT2D eigenvalue weighted by atomic mass is 16.4. The zero-order chi connectivity index (χ0) is 9.68. The number of nitroso groups, excluding NO2 is 1. The van der Waals surface area contributed by atoms with Gasteiger partial charge in [-0.1, -0.05) is 12.8 Å². The zero-order valence-corrected chi connectivity index (χ0v) is 7.48. The average Bonchev–Trinajstić information content (AvgIpc) is 2.58. The summed E-state index contributed by atoms with van der Waals surface area (Å²) in [6.45, 7) is 0.240. The van der Waals surface area contributed by atoms with Gasteiger partial charge >= 0.3 is 5.97 Å². The normalized spacial score (nSPS) is 17.2. The number of hydrogen-bond donors (Lipinski definition) is 1. The van der Waals surface area contributed by atoms with Gasteiger partial charge < -0.3 is 5.11 Å². The first-order valence-electron chi connectivity index (χ1n) is 4.55. The van der Waals surface area contributed by atoms with Crippen LogP contribution in [0.5, 0.6) is 0 Å². The molecule has 5 heteroatoms. The van der Waals surface area contributed by atoms with Crippen molar-refractivity contribution >= 4 is 5.97 Å². The van der Waals surface area contributed by atoms with Gasteiger partial charge in [-0.05, 0) is 12.8 Å². The quantitative estimate of drug-likeness (QED) is 0.520. The molecule has 13 heavy (non-hydrogen) atoms. The molecule has 1 saturated carbocycles. The van der Waals surface area contributed by atoms with Crippen LogP contribution in [0.1, 0.15) is 32.1 Å². The van der Waals surface area contributed by atoms with Crippen LogP contribution >= 0.6 is 0 Å². The van der Waals surface area contributed by atoms with Gasteiger partial charge in [-0.3, -0.25) is 9.80 Å². The molecular formula is C8H14N2O3. The van der Waals surface area contributed by atoms with E-state index < -0.39 is 5.97 Å². The standard InChI is InChI=1S/C8H14N2O3/c11-8(12)5-6-10(9-13)7-3-1-2-4-7/h7H,1-6H2,(H,11,12). The van der Waals surface area contributed by atoms with Crippen LogP contribution in [0, 0.1) is 4.91 Å². The predicted molar refractivity (Wildman–Crippen MR) is 47.0 cm³/mol. The van der Waals surface area contributed by atoms with Crippen molar-refractivity contribution in [1.82, 2.24) is 5.01 Å². The Morgan fingerprint density at radius 3 is 2.54 bits per heavy atom. The minimum atomic E-state index is -0.883. The van der Waals surface area contributed by atoms with E-state index in [1.54, 1.807) is 0 Å². The first-order chi connectivity index (χ1) is 6.24. The Morgan fingerprint density at radius 2 is 2.08 bits per heavy atom. The van der Waals surface area contributed by atoms with Gasteiger partial charge in [0, 0.05) is 0 Å². The van der Waals surface area contributed by atoms with Gasteiger partial charge in [-0.25, -0.2) is 0 Å². The molecule has 0 atom stereocenters. The van der Waals surface area contributed by atoms with Crippen molar-refractivity contribution in [2.24, 2.45) is 5.29 Å². The molecule has 0 unspecified atom stereocenters. The third kappa shape index (κ3) is 3.01. The van der Waals surface area contributed by atoms with Crippen molar-refractivity contribution in [2.75, 3.05) is 6.54 Å². The molecule has 0 heterocycles. The lowest BCUT2D eigenvalue weighted by Gasteiger charge is -2.20. The van der Waals surface area contributed by atoms with Crippen LogP contribution in [0.4, 0.5) is 0 Å². The van der Waals surface area contributed by atoms with Crippen molar-refractivity contribution in [1.29, 1.82) is 0 Å². The molecule has 1 rings (SSSR count). The number of aliphatic carboxylic acids is 1. The Morgan fingerprint density at radius 1 is 1.46 bits per heavy atom. The third-order valence-corrected chi connectivity index (χ3v) is 2.41. The van der Waals surface area contributed by atoms with Crippen molar-refractivity contribution in [3.63, 3.8) is 0 Å². The fraction of sp³-hybridized carbons (Fsp3) is 0.875. The molecule has 0 spiro atoms. The maximum atomic E-state index is 10.4. The summed E-state index contributed by atoms with van der Waals surface area (Å²) < 4.78 is 0. The second kappa shape index (κ2) is 4.79. The minimum absolute atomic E-state index is 0.0117. The van der Waals surface area contributed by atoms with Crippen LogP contribution in [-0.2, 0) is 4.79 Å². The molecule has 0 radical (unpaired) electrons. The lowest BCUT2D eigenvalue weighted by atomic mass is 10.2. The van der Waals surface area contributed by atoms with E-state index in [1.807, 2.05) is 0 Å². The molecule has 1 aliphatic rings. The molecule has 0 aliphatic heterocycles. The van der Waals surface area contributed by atoms with Crippen LogP contribution in [0.3, 0.4) is 0 Å². The van der Waals surface area contributed by atoms with Crippen LogP contribution < -0.4 is 0 Å². The zero-order valence-electron chi connectivity index (χ0n) is 7.48. The smallest absolute Gasteiger partial charge is 0.305 e. The Labute approximate surface area is 76.7 Å². The Balaban J connectivity index is 2.32. The highest BCUT2D eigenvalue weighted by Crippen LogP contribution is 2.23. The van der Waals surface area contributed by atoms with Crippen LogP contribution in [0.2, 0.25) is 0 Å². The maximum Gasteiger partial charge on any atom is 0.305 e. The lowest BCUT2D eigenvalue weighted by Crippen LogP contribution is -2.29. The van der Waals surface area contributed by atoms with Crippen molar-refractivity contribution < 1.29 is 9.90 Å². The molecule has 1 aliphatic carbocycles. The van der Waals surface area contributed by atoms with E-state index in [0.29, 0.717) is 0 Å². The predicted octanol–water partition coefficient (Wildman–Crippen LogP) is 1.39. The summed E-state index contributed by atoms with van der Waals surface area (Å²) in [7, 11) is 0. The van der Waals surface area contributed by atoms with E-state index in [2.05, 4.69) is 5.29 Å². The topological polar surface area (TPSA) is 70.0 Å². The summed E-state index contributed by atoms with van der Waals surface area (Å²) in [4.78, 5) is 20.7. The number of nitrogens with zero attached hydrogens (tertiary/aromatic N) is 2. The molecule has 74 valence electrons. The summed E-state index contributed by atoms with van der Waals surface area (Å²) in [5.74, 6) is -0.883. The second-order valence-electron chi connectivity index (χ2n) is 3.33. The molecule has 0 aromatic carbocycles. The number of carbonyl (C=O) groups is 1. The van der Waals surface area contributed by atoms with Gasteiger partial charge in [0.15, 0.2) is 0 Å². The lowest BCUT2D eigenvalue weighted by molar-refractivity contribution is -0.137. The van der Waals surface area contributed by atoms with Crippen molar-refractivity contribution in [2.45, 2.75) is 38.1 Å². The third-order valence-electron chi connectivity index (χ3n) is 2.41. The average molecular weight is 186 g/mol. The van der Waals surface area contributed by atoms with E-state index in [1.165, 1.54) is 5.01 Å². The van der Waals surface area contributed by atoms with Gasteiger partial charge in [-0.15, -0.1) is 4.91 Å². The molecule has 0 amide bonds. The van der Waals surface area contributed by atoms with Gasteiger partial charge in [0.1, 0.15) is 0 Å². The Kier molecular flexibility index (Phi) is 3.67. The van der Waals surface area contributed by atoms with E-state index in [-0.39, 0.29) is 19.0 Å². The highest BCUT2D eigenvalue weighted by Gasteiger charge is 2.22. The van der Waals surface area contributed by atoms with Crippen molar-refractivity contribution in [3.8, 4) is 0 Å². The minimum Gasteiger partial charge on any atom is -0.481 e. The Bertz CT molecular complexity index is 190. The summed E-state index contributed by atoms with van der Waals surface area (Å²) in [6, 6.07) is 0.178. The van der Waals surface area contributed by atoms with Gasteiger partial charge in [0.25, 0.3) is 0 Å². The van der Waals surface area contributed by atoms with Gasteiger partial charge in [0.05, 0.1) is 24.3 Å². The van der Waals surface area contributed by atoms with Crippen LogP contribution in [0.15, 0.2) is 5.29 Å². The van der Waals surface area contributed by atoms with Crippen LogP contribution in [-0.4, -0.2) is 28.7 Å². The van der Waals surface area contributed by atoms with Crippen molar-refractivity contribution in [3.05, 3.63) is 4.91 Å². The molecule has 0 aromatic heterocycles. The summed E-state index contributed by atoms with van der Waals surface area (Å²) >= 11 is 0. The van der Waals surface area contributed by atoms with E-state index >= 15 is 0 Å². The molecule has 0 aromatic rings. The number of carboxylic acid groups (broad SMARTS) is 1. The van der Waals surface area contributed by atoms with Gasteiger partial charge in [-0.2, -0.15) is 0 Å². The molecule has 1 fully saturated rings. The summed E-state index contributed by atoms with van der Waals surface area (Å²) in [6.07, 6.45) is 4.15. The first kappa shape index (κ1) is 9.95. The monoisotopic (exact) mass is 186 g/mol. The highest BCUT2D eigenvalue weighted by molar-refractivity contribution is 5.66. The summed E-state index contributed by atoms with van der Waals surface area (Å²) in [5, 5.41) is 12.7. The molecule has 1 N–H and O–H groups in total. The first-order valence-corrected chi connectivity index (χ1v) is 4.55. The maximum absolute atomic E-state index is 10.4. The number of carboxylic acids is 1. The van der Waals surface area contributed by atoms with Crippen LogP contribution in [0.25, 0.3) is 0 Å². The molecule has 0 saturated heterocycles. The fourth-order valence-electron chi connectivity index (χ4n) is 1.70. The second-order valence-corrected chi connectivity index (χ2v) is 3.33. The van der Waals surface area contributed by atoms with E-state index in [4.69, 9.17) is 5.11 Å². The molecular weight excluding hydrogens is 172 g/mol. The van der Waals surface area contributed by atoms with E-state index in [9.17, 15) is 9.70 Å². The number of hydrogen-bond acceptors (Lipinski definition) is 3. The Hall–Kier alpha value is -1.13. The molecule has 5 nitrogen and oxygen atoms in total. The van der Waals surface area contributed by atoms with E-state index in [0.717, 1.165) is 25.7 Å². The SMILES string of the molecule is O=NN(CCC(=O)O)C1CCCC1.